The maximum atomic E-state index is 13.4. The largest absolute Gasteiger partial charge is 0.312 e. The highest BCUT2D eigenvalue weighted by Crippen LogP contribution is 2.60. The van der Waals surface area contributed by atoms with Gasteiger partial charge in [-0.2, -0.15) is 0 Å². The fraction of sp³-hybridized carbons (Fsp3) is 1.00. The van der Waals surface area contributed by atoms with Gasteiger partial charge in [-0.25, -0.2) is 4.39 Å². The van der Waals surface area contributed by atoms with Crippen LogP contribution in [0.4, 0.5) is 4.39 Å². The van der Waals surface area contributed by atoms with Gasteiger partial charge in [0.1, 0.15) is 5.41 Å². The van der Waals surface area contributed by atoms with Gasteiger partial charge in [0.05, 0.1) is 0 Å². The number of alkyl halides is 1. The smallest absolute Gasteiger partial charge is 0.142 e. The molecule has 1 N–H and O–H groups in total. The molecule has 1 spiro atoms. The Morgan fingerprint density at radius 2 is 2.00 bits per heavy atom. The number of halogens is 1. The molecule has 1 saturated heterocycles. The quantitative estimate of drug-likeness (QED) is 0.502. The number of hydrogen-bond acceptors (Lipinski definition) is 1. The van der Waals surface area contributed by atoms with E-state index in [4.69, 9.17) is 0 Å². The summed E-state index contributed by atoms with van der Waals surface area (Å²) in [7, 11) is 2.33. The van der Waals surface area contributed by atoms with E-state index in [0.717, 1.165) is 19.4 Å². The van der Waals surface area contributed by atoms with Crippen LogP contribution in [0.1, 0.15) is 12.8 Å². The highest BCUT2D eigenvalue weighted by Gasteiger charge is 2.60. The Hall–Kier alpha value is 0.320. The molecule has 9 heavy (non-hydrogen) atoms. The fourth-order valence-electron chi connectivity index (χ4n) is 1.56. The second-order valence-corrected chi connectivity index (χ2v) is 4.16. The van der Waals surface area contributed by atoms with Crippen LogP contribution in [0.15, 0.2) is 0 Å². The summed E-state index contributed by atoms with van der Waals surface area (Å²) in [6.07, 6.45) is 2.14. The van der Waals surface area contributed by atoms with Crippen molar-refractivity contribution in [2.75, 3.05) is 13.1 Å². The minimum absolute atomic E-state index is 0.0255. The second-order valence-electron chi connectivity index (χ2n) is 3.25. The maximum Gasteiger partial charge on any atom is 0.142 e. The molecule has 2 unspecified atom stereocenters. The lowest BCUT2D eigenvalue weighted by molar-refractivity contribution is 0.224. The van der Waals surface area contributed by atoms with E-state index in [1.807, 2.05) is 0 Å². The minimum Gasteiger partial charge on any atom is -0.312 e. The number of rotatable bonds is 0. The average Bonchev–Trinajstić information content (AvgIpc) is 2.41. The van der Waals surface area contributed by atoms with Gasteiger partial charge in [0, 0.05) is 18.5 Å². The second kappa shape index (κ2) is 1.49. The van der Waals surface area contributed by atoms with Crippen molar-refractivity contribution < 1.29 is 4.39 Å². The molecule has 3 heteroatoms. The van der Waals surface area contributed by atoms with Crippen LogP contribution in [0, 0.1) is 5.41 Å². The molecule has 1 aliphatic heterocycles. The SMILES string of the molecule is FC1(P)CNCC12CC2. The number of nitrogens with one attached hydrogen (secondary N) is 1. The van der Waals surface area contributed by atoms with Gasteiger partial charge >= 0.3 is 0 Å². The molecule has 2 atom stereocenters. The molecule has 1 nitrogen and oxygen atoms in total. The van der Waals surface area contributed by atoms with Crippen molar-refractivity contribution in [1.82, 2.24) is 5.32 Å². The third kappa shape index (κ3) is 0.667. The Morgan fingerprint density at radius 1 is 1.33 bits per heavy atom. The van der Waals surface area contributed by atoms with Gasteiger partial charge in [-0.1, -0.05) is 9.24 Å². The Kier molecular flexibility index (Phi) is 1.00. The van der Waals surface area contributed by atoms with Gasteiger partial charge in [-0.15, -0.1) is 0 Å². The summed E-state index contributed by atoms with van der Waals surface area (Å²) in [5.41, 5.74) is 0.0255. The van der Waals surface area contributed by atoms with Crippen LogP contribution >= 0.6 is 9.24 Å². The maximum absolute atomic E-state index is 13.4. The van der Waals surface area contributed by atoms with Gasteiger partial charge in [0.15, 0.2) is 0 Å². The number of hydrogen-bond donors (Lipinski definition) is 1. The first-order valence-corrected chi connectivity index (χ1v) is 3.93. The van der Waals surface area contributed by atoms with Crippen molar-refractivity contribution in [3.8, 4) is 0 Å². The Morgan fingerprint density at radius 3 is 2.22 bits per heavy atom. The van der Waals surface area contributed by atoms with Crippen molar-refractivity contribution in [2.24, 2.45) is 5.41 Å². The van der Waals surface area contributed by atoms with Gasteiger partial charge < -0.3 is 5.32 Å². The van der Waals surface area contributed by atoms with E-state index in [2.05, 4.69) is 14.6 Å². The van der Waals surface area contributed by atoms with Gasteiger partial charge in [-0.05, 0) is 12.8 Å². The summed E-state index contributed by atoms with van der Waals surface area (Å²) in [4.78, 5) is 0. The van der Waals surface area contributed by atoms with E-state index in [1.165, 1.54) is 0 Å². The van der Waals surface area contributed by atoms with Crippen molar-refractivity contribution >= 4 is 9.24 Å². The Bertz CT molecular complexity index is 138. The molecule has 0 aromatic heterocycles. The zero-order valence-corrected chi connectivity index (χ0v) is 6.44. The van der Waals surface area contributed by atoms with E-state index in [1.54, 1.807) is 0 Å². The van der Waals surface area contributed by atoms with E-state index in [-0.39, 0.29) is 5.41 Å². The zero-order chi connectivity index (χ0) is 6.54. The molecule has 0 bridgehead atoms. The molecule has 1 saturated carbocycles. The van der Waals surface area contributed by atoms with Gasteiger partial charge in [-0.3, -0.25) is 0 Å². The molecule has 1 aliphatic carbocycles. The molecular weight excluding hydrogens is 136 g/mol. The highest BCUT2D eigenvalue weighted by molar-refractivity contribution is 7.18. The van der Waals surface area contributed by atoms with Gasteiger partial charge in [0.2, 0.25) is 0 Å². The van der Waals surface area contributed by atoms with Crippen LogP contribution in [0.2, 0.25) is 0 Å². The zero-order valence-electron chi connectivity index (χ0n) is 5.28. The van der Waals surface area contributed by atoms with Crippen LogP contribution < -0.4 is 5.32 Å². The van der Waals surface area contributed by atoms with Crippen LogP contribution in [0.3, 0.4) is 0 Å². The van der Waals surface area contributed by atoms with E-state index in [0.29, 0.717) is 6.54 Å². The Labute approximate surface area is 56.6 Å². The molecule has 0 radical (unpaired) electrons. The Balaban J connectivity index is 2.23. The van der Waals surface area contributed by atoms with Crippen molar-refractivity contribution in [3.63, 3.8) is 0 Å². The fourth-order valence-corrected chi connectivity index (χ4v) is 2.10. The summed E-state index contributed by atoms with van der Waals surface area (Å²) in [6, 6.07) is 0. The van der Waals surface area contributed by atoms with E-state index in [9.17, 15) is 4.39 Å². The van der Waals surface area contributed by atoms with Crippen molar-refractivity contribution in [2.45, 2.75) is 18.3 Å². The highest BCUT2D eigenvalue weighted by atomic mass is 31.0. The van der Waals surface area contributed by atoms with E-state index >= 15 is 0 Å². The third-order valence-corrected chi connectivity index (χ3v) is 3.40. The summed E-state index contributed by atoms with van der Waals surface area (Å²) >= 11 is 0. The van der Waals surface area contributed by atoms with Crippen molar-refractivity contribution in [3.05, 3.63) is 0 Å². The topological polar surface area (TPSA) is 12.0 Å². The average molecular weight is 147 g/mol. The molecule has 1 heterocycles. The molecule has 2 aliphatic rings. The normalized spacial score (nSPS) is 46.0. The lowest BCUT2D eigenvalue weighted by Crippen LogP contribution is -2.25. The standard InChI is InChI=1S/C6H11FNP/c7-6(9)4-8-3-5(6)1-2-5/h8H,1-4,9H2. The third-order valence-electron chi connectivity index (χ3n) is 2.58. The van der Waals surface area contributed by atoms with Crippen LogP contribution in [0.5, 0.6) is 0 Å². The summed E-state index contributed by atoms with van der Waals surface area (Å²) in [5.74, 6) is 0. The predicted molar refractivity (Wildman–Crippen MR) is 38.1 cm³/mol. The molecule has 2 rings (SSSR count). The summed E-state index contributed by atoms with van der Waals surface area (Å²) < 4.78 is 13.4. The molecule has 0 aromatic rings. The molecule has 52 valence electrons. The van der Waals surface area contributed by atoms with E-state index < -0.39 is 5.41 Å². The lowest BCUT2D eigenvalue weighted by atomic mass is 10.0. The first-order chi connectivity index (χ1) is 4.16. The summed E-state index contributed by atoms with van der Waals surface area (Å²) in [5, 5.41) is 2.08. The van der Waals surface area contributed by atoms with Crippen LogP contribution in [0.25, 0.3) is 0 Å². The predicted octanol–water partition coefficient (Wildman–Crippen LogP) is 0.911. The lowest BCUT2D eigenvalue weighted by Gasteiger charge is -2.19. The first-order valence-electron chi connectivity index (χ1n) is 3.35. The molecule has 0 amide bonds. The molecule has 2 fully saturated rings. The van der Waals surface area contributed by atoms with Crippen molar-refractivity contribution in [1.29, 1.82) is 0 Å². The first kappa shape index (κ1) is 6.06. The summed E-state index contributed by atoms with van der Waals surface area (Å²) in [6.45, 7) is 1.41. The minimum atomic E-state index is -0.993. The van der Waals surface area contributed by atoms with Gasteiger partial charge in [0.25, 0.3) is 0 Å². The van der Waals surface area contributed by atoms with Crippen LogP contribution in [-0.2, 0) is 0 Å². The molecular formula is C6H11FNP. The van der Waals surface area contributed by atoms with Crippen LogP contribution in [-0.4, -0.2) is 18.5 Å². The monoisotopic (exact) mass is 147 g/mol. The molecule has 0 aromatic carbocycles.